The van der Waals surface area contributed by atoms with Gasteiger partial charge in [-0.2, -0.15) is 12.6 Å². The van der Waals surface area contributed by atoms with E-state index in [1.165, 1.54) is 0 Å². The van der Waals surface area contributed by atoms with Crippen LogP contribution in [0.25, 0.3) is 0 Å². The summed E-state index contributed by atoms with van der Waals surface area (Å²) >= 11 is 4.24. The summed E-state index contributed by atoms with van der Waals surface area (Å²) in [5, 5.41) is 0. The van der Waals surface area contributed by atoms with Crippen LogP contribution in [0.4, 0.5) is 5.82 Å². The van der Waals surface area contributed by atoms with Gasteiger partial charge in [-0.3, -0.25) is 9.69 Å². The highest BCUT2D eigenvalue weighted by molar-refractivity contribution is 7.80. The van der Waals surface area contributed by atoms with Crippen LogP contribution in [0, 0.1) is 12.8 Å². The number of aryl methyl sites for hydroxylation is 1. The number of rotatable bonds is 2. The van der Waals surface area contributed by atoms with Gasteiger partial charge >= 0.3 is 0 Å². The standard InChI is InChI=1S/C11H14N2OS/c1-8-3-2-4-12-11(8)13-6-9(7-15)5-10(13)14/h2-4,9,15H,5-7H2,1H3. The Morgan fingerprint density at radius 3 is 3.07 bits per heavy atom. The second kappa shape index (κ2) is 4.23. The van der Waals surface area contributed by atoms with Gasteiger partial charge in [0.25, 0.3) is 0 Å². The van der Waals surface area contributed by atoms with Crippen molar-refractivity contribution >= 4 is 24.4 Å². The molecule has 80 valence electrons. The van der Waals surface area contributed by atoms with Crippen molar-refractivity contribution in [2.75, 3.05) is 17.2 Å². The van der Waals surface area contributed by atoms with Gasteiger partial charge in [-0.05, 0) is 30.2 Å². The third-order valence-electron chi connectivity index (χ3n) is 2.70. The van der Waals surface area contributed by atoms with Crippen LogP contribution in [0.5, 0.6) is 0 Å². The summed E-state index contributed by atoms with van der Waals surface area (Å²) in [5.41, 5.74) is 1.05. The minimum Gasteiger partial charge on any atom is -0.296 e. The van der Waals surface area contributed by atoms with Crippen molar-refractivity contribution in [1.82, 2.24) is 4.98 Å². The van der Waals surface area contributed by atoms with Gasteiger partial charge < -0.3 is 0 Å². The monoisotopic (exact) mass is 222 g/mol. The zero-order valence-corrected chi connectivity index (χ0v) is 9.58. The molecule has 0 saturated carbocycles. The highest BCUT2D eigenvalue weighted by atomic mass is 32.1. The fourth-order valence-corrected chi connectivity index (χ4v) is 2.11. The first-order valence-corrected chi connectivity index (χ1v) is 5.68. The second-order valence-electron chi connectivity index (χ2n) is 3.90. The molecule has 1 amide bonds. The maximum absolute atomic E-state index is 11.7. The van der Waals surface area contributed by atoms with Gasteiger partial charge in [0.15, 0.2) is 0 Å². The van der Waals surface area contributed by atoms with Crippen molar-refractivity contribution in [3.05, 3.63) is 23.9 Å². The zero-order valence-electron chi connectivity index (χ0n) is 8.68. The van der Waals surface area contributed by atoms with Crippen LogP contribution in [0.3, 0.4) is 0 Å². The molecule has 0 spiro atoms. The van der Waals surface area contributed by atoms with E-state index >= 15 is 0 Å². The molecule has 1 unspecified atom stereocenters. The number of hydrogen-bond donors (Lipinski definition) is 1. The minimum absolute atomic E-state index is 0.163. The summed E-state index contributed by atoms with van der Waals surface area (Å²) in [7, 11) is 0. The number of aromatic nitrogens is 1. The Kier molecular flexibility index (Phi) is 2.95. The first-order chi connectivity index (χ1) is 7.22. The van der Waals surface area contributed by atoms with Crippen molar-refractivity contribution < 1.29 is 4.79 Å². The van der Waals surface area contributed by atoms with E-state index in [1.807, 2.05) is 19.1 Å². The van der Waals surface area contributed by atoms with E-state index in [4.69, 9.17) is 0 Å². The maximum Gasteiger partial charge on any atom is 0.228 e. The van der Waals surface area contributed by atoms with Crippen molar-refractivity contribution in [2.24, 2.45) is 5.92 Å². The molecule has 15 heavy (non-hydrogen) atoms. The number of hydrogen-bond acceptors (Lipinski definition) is 3. The van der Waals surface area contributed by atoms with Gasteiger partial charge in [0, 0.05) is 19.2 Å². The quantitative estimate of drug-likeness (QED) is 0.772. The molecule has 1 aliphatic heterocycles. The van der Waals surface area contributed by atoms with Crippen LogP contribution in [0.1, 0.15) is 12.0 Å². The zero-order chi connectivity index (χ0) is 10.8. The Morgan fingerprint density at radius 1 is 1.67 bits per heavy atom. The molecule has 0 bridgehead atoms. The van der Waals surface area contributed by atoms with Crippen molar-refractivity contribution in [3.8, 4) is 0 Å². The molecule has 0 aromatic carbocycles. The molecular weight excluding hydrogens is 208 g/mol. The Balaban J connectivity index is 2.25. The normalized spacial score (nSPS) is 21.1. The van der Waals surface area contributed by atoms with Crippen LogP contribution >= 0.6 is 12.6 Å². The van der Waals surface area contributed by atoms with Gasteiger partial charge in [0.2, 0.25) is 5.91 Å². The third kappa shape index (κ3) is 2.00. The lowest BCUT2D eigenvalue weighted by molar-refractivity contribution is -0.117. The molecule has 0 aliphatic carbocycles. The van der Waals surface area contributed by atoms with Crippen molar-refractivity contribution in [2.45, 2.75) is 13.3 Å². The first kappa shape index (κ1) is 10.5. The highest BCUT2D eigenvalue weighted by Crippen LogP contribution is 2.25. The number of nitrogens with zero attached hydrogens (tertiary/aromatic N) is 2. The Hall–Kier alpha value is -1.03. The van der Waals surface area contributed by atoms with E-state index in [2.05, 4.69) is 17.6 Å². The second-order valence-corrected chi connectivity index (χ2v) is 4.27. The number of anilines is 1. The number of carbonyl (C=O) groups is 1. The van der Waals surface area contributed by atoms with Gasteiger partial charge in [-0.1, -0.05) is 6.07 Å². The van der Waals surface area contributed by atoms with E-state index < -0.39 is 0 Å². The topological polar surface area (TPSA) is 33.2 Å². The molecule has 1 aromatic heterocycles. The molecule has 0 N–H and O–H groups in total. The fourth-order valence-electron chi connectivity index (χ4n) is 1.87. The molecule has 4 heteroatoms. The predicted octanol–water partition coefficient (Wildman–Crippen LogP) is 1.67. The summed E-state index contributed by atoms with van der Waals surface area (Å²) < 4.78 is 0. The van der Waals surface area contributed by atoms with E-state index in [0.29, 0.717) is 12.3 Å². The molecule has 1 aromatic rings. The lowest BCUT2D eigenvalue weighted by Crippen LogP contribution is -2.26. The van der Waals surface area contributed by atoms with Crippen LogP contribution in [0.2, 0.25) is 0 Å². The van der Waals surface area contributed by atoms with Gasteiger partial charge in [0.1, 0.15) is 5.82 Å². The molecule has 1 atom stereocenters. The largest absolute Gasteiger partial charge is 0.296 e. The summed E-state index contributed by atoms with van der Waals surface area (Å²) in [5.74, 6) is 2.08. The van der Waals surface area contributed by atoms with E-state index in [0.717, 1.165) is 23.7 Å². The Labute approximate surface area is 94.9 Å². The average molecular weight is 222 g/mol. The lowest BCUT2D eigenvalue weighted by atomic mass is 10.1. The van der Waals surface area contributed by atoms with Gasteiger partial charge in [-0.15, -0.1) is 0 Å². The molecule has 2 heterocycles. The molecule has 1 fully saturated rings. The molecule has 0 radical (unpaired) electrons. The van der Waals surface area contributed by atoms with Crippen molar-refractivity contribution in [1.29, 1.82) is 0 Å². The van der Waals surface area contributed by atoms with Crippen molar-refractivity contribution in [3.63, 3.8) is 0 Å². The third-order valence-corrected chi connectivity index (χ3v) is 3.22. The van der Waals surface area contributed by atoms with Crippen LogP contribution in [-0.2, 0) is 4.79 Å². The average Bonchev–Trinajstić information content (AvgIpc) is 2.60. The number of carbonyl (C=O) groups excluding carboxylic acids is 1. The van der Waals surface area contributed by atoms with E-state index in [1.54, 1.807) is 11.1 Å². The van der Waals surface area contributed by atoms with E-state index in [9.17, 15) is 4.79 Å². The van der Waals surface area contributed by atoms with Crippen LogP contribution in [-0.4, -0.2) is 23.2 Å². The predicted molar refractivity (Wildman–Crippen MR) is 63.3 cm³/mol. The number of pyridine rings is 1. The van der Waals surface area contributed by atoms with E-state index in [-0.39, 0.29) is 5.91 Å². The summed E-state index contributed by atoms with van der Waals surface area (Å²) in [6.07, 6.45) is 2.32. The van der Waals surface area contributed by atoms with Gasteiger partial charge in [0.05, 0.1) is 0 Å². The summed E-state index contributed by atoms with van der Waals surface area (Å²) in [6.45, 7) is 2.73. The summed E-state index contributed by atoms with van der Waals surface area (Å²) in [4.78, 5) is 17.8. The first-order valence-electron chi connectivity index (χ1n) is 5.05. The molecule has 3 nitrogen and oxygen atoms in total. The number of thiol groups is 1. The van der Waals surface area contributed by atoms with Crippen LogP contribution in [0.15, 0.2) is 18.3 Å². The highest BCUT2D eigenvalue weighted by Gasteiger charge is 2.30. The molecular formula is C11H14N2OS. The Bertz CT molecular complexity index is 381. The molecule has 1 aliphatic rings. The Morgan fingerprint density at radius 2 is 2.47 bits per heavy atom. The maximum atomic E-state index is 11.7. The smallest absolute Gasteiger partial charge is 0.228 e. The molecule has 2 rings (SSSR count). The fraction of sp³-hybridized carbons (Fsp3) is 0.455. The van der Waals surface area contributed by atoms with Gasteiger partial charge in [-0.25, -0.2) is 4.98 Å². The molecule has 1 saturated heterocycles. The lowest BCUT2D eigenvalue weighted by Gasteiger charge is -2.17. The minimum atomic E-state index is 0.163. The summed E-state index contributed by atoms with van der Waals surface area (Å²) in [6, 6.07) is 3.86. The number of amides is 1. The van der Waals surface area contributed by atoms with Crippen LogP contribution < -0.4 is 4.90 Å². The SMILES string of the molecule is Cc1cccnc1N1CC(CS)CC1=O.